The Hall–Kier alpha value is -1.87. The van der Waals surface area contributed by atoms with Crippen molar-refractivity contribution in [3.05, 3.63) is 33.7 Å². The van der Waals surface area contributed by atoms with Crippen LogP contribution in [-0.4, -0.2) is 53.4 Å². The SMILES string of the molecule is CC(C)CC(C(=O)O)n1cc(CCN2CCCOCC2)c(C(F)(F)F)cc1=O. The number of carboxylic acids is 1. The number of halogens is 3. The van der Waals surface area contributed by atoms with Crippen molar-refractivity contribution < 1.29 is 27.8 Å². The molecule has 1 atom stereocenters. The second-order valence-corrected chi connectivity index (χ2v) is 7.50. The molecule has 1 N–H and O–H groups in total. The molecule has 1 unspecified atom stereocenters. The van der Waals surface area contributed by atoms with E-state index in [1.54, 1.807) is 13.8 Å². The molecule has 0 radical (unpaired) electrons. The Morgan fingerprint density at radius 3 is 2.61 bits per heavy atom. The highest BCUT2D eigenvalue weighted by Gasteiger charge is 2.35. The second kappa shape index (κ2) is 9.56. The van der Waals surface area contributed by atoms with Crippen molar-refractivity contribution >= 4 is 5.97 Å². The topological polar surface area (TPSA) is 71.8 Å². The minimum atomic E-state index is -4.67. The number of hydrogen-bond acceptors (Lipinski definition) is 4. The largest absolute Gasteiger partial charge is 0.480 e. The minimum absolute atomic E-state index is 0.0316. The van der Waals surface area contributed by atoms with Crippen LogP contribution in [0.1, 0.15) is 43.9 Å². The van der Waals surface area contributed by atoms with Crippen LogP contribution in [0.4, 0.5) is 13.2 Å². The summed E-state index contributed by atoms with van der Waals surface area (Å²) in [4.78, 5) is 25.9. The number of rotatable bonds is 7. The van der Waals surface area contributed by atoms with Crippen molar-refractivity contribution in [2.75, 3.05) is 32.8 Å². The maximum absolute atomic E-state index is 13.5. The Bertz CT molecular complexity index is 723. The number of aliphatic carboxylic acids is 1. The lowest BCUT2D eigenvalue weighted by Crippen LogP contribution is -2.33. The van der Waals surface area contributed by atoms with Crippen molar-refractivity contribution in [1.29, 1.82) is 0 Å². The Morgan fingerprint density at radius 1 is 1.29 bits per heavy atom. The van der Waals surface area contributed by atoms with Crippen LogP contribution in [0.2, 0.25) is 0 Å². The zero-order valence-electron chi connectivity index (χ0n) is 16.2. The van der Waals surface area contributed by atoms with Crippen molar-refractivity contribution in [3.63, 3.8) is 0 Å². The molecular weight excluding hydrogens is 377 g/mol. The number of alkyl halides is 3. The predicted octanol–water partition coefficient (Wildman–Crippen LogP) is 2.80. The first kappa shape index (κ1) is 22.4. The lowest BCUT2D eigenvalue weighted by atomic mass is 10.0. The van der Waals surface area contributed by atoms with Crippen LogP contribution >= 0.6 is 0 Å². The fourth-order valence-electron chi connectivity index (χ4n) is 3.38. The van der Waals surface area contributed by atoms with Crippen LogP contribution in [0.25, 0.3) is 0 Å². The Labute approximate surface area is 161 Å². The van der Waals surface area contributed by atoms with Crippen LogP contribution in [0.3, 0.4) is 0 Å². The van der Waals surface area contributed by atoms with Gasteiger partial charge in [-0.3, -0.25) is 4.79 Å². The van der Waals surface area contributed by atoms with Crippen molar-refractivity contribution in [1.82, 2.24) is 9.47 Å². The Morgan fingerprint density at radius 2 is 2.00 bits per heavy atom. The van der Waals surface area contributed by atoms with Gasteiger partial charge >= 0.3 is 12.1 Å². The molecule has 1 fully saturated rings. The van der Waals surface area contributed by atoms with Gasteiger partial charge in [0.25, 0.3) is 5.56 Å². The lowest BCUT2D eigenvalue weighted by Gasteiger charge is -2.23. The first-order chi connectivity index (χ1) is 13.1. The zero-order valence-corrected chi connectivity index (χ0v) is 16.2. The molecule has 9 heteroatoms. The number of carbonyl (C=O) groups is 1. The maximum atomic E-state index is 13.5. The van der Waals surface area contributed by atoms with E-state index in [9.17, 15) is 27.9 Å². The second-order valence-electron chi connectivity index (χ2n) is 7.50. The molecular formula is C19H27F3N2O4. The molecule has 28 heavy (non-hydrogen) atoms. The molecule has 0 bridgehead atoms. The van der Waals surface area contributed by atoms with E-state index in [4.69, 9.17) is 4.74 Å². The van der Waals surface area contributed by atoms with Crippen LogP contribution in [0, 0.1) is 5.92 Å². The van der Waals surface area contributed by atoms with E-state index in [0.29, 0.717) is 32.4 Å². The molecule has 1 aromatic heterocycles. The summed E-state index contributed by atoms with van der Waals surface area (Å²) < 4.78 is 46.7. The van der Waals surface area contributed by atoms with E-state index in [0.717, 1.165) is 23.7 Å². The minimum Gasteiger partial charge on any atom is -0.480 e. The van der Waals surface area contributed by atoms with E-state index in [1.165, 1.54) is 0 Å². The van der Waals surface area contributed by atoms with E-state index >= 15 is 0 Å². The molecule has 6 nitrogen and oxygen atoms in total. The molecule has 2 heterocycles. The van der Waals surface area contributed by atoms with Gasteiger partial charge in [0, 0.05) is 38.5 Å². The Kier molecular flexibility index (Phi) is 7.65. The third kappa shape index (κ3) is 6.07. The molecule has 2 rings (SSSR count). The van der Waals surface area contributed by atoms with Crippen LogP contribution < -0.4 is 5.56 Å². The van der Waals surface area contributed by atoms with Gasteiger partial charge in [-0.2, -0.15) is 13.2 Å². The van der Waals surface area contributed by atoms with Gasteiger partial charge in [0.1, 0.15) is 6.04 Å². The molecule has 1 aliphatic rings. The van der Waals surface area contributed by atoms with Crippen LogP contribution in [0.5, 0.6) is 0 Å². The monoisotopic (exact) mass is 404 g/mol. The smallest absolute Gasteiger partial charge is 0.416 e. The van der Waals surface area contributed by atoms with Gasteiger partial charge in [-0.1, -0.05) is 13.8 Å². The molecule has 1 saturated heterocycles. The maximum Gasteiger partial charge on any atom is 0.416 e. The van der Waals surface area contributed by atoms with Crippen LogP contribution in [0.15, 0.2) is 17.1 Å². The van der Waals surface area contributed by atoms with Crippen molar-refractivity contribution in [2.45, 2.75) is 45.3 Å². The Balaban J connectivity index is 2.36. The summed E-state index contributed by atoms with van der Waals surface area (Å²) >= 11 is 0. The van der Waals surface area contributed by atoms with Crippen molar-refractivity contribution in [2.24, 2.45) is 5.92 Å². The first-order valence-corrected chi connectivity index (χ1v) is 9.44. The van der Waals surface area contributed by atoms with Crippen molar-refractivity contribution in [3.8, 4) is 0 Å². The van der Waals surface area contributed by atoms with E-state index in [2.05, 4.69) is 0 Å². The van der Waals surface area contributed by atoms with Gasteiger partial charge in [0.05, 0.1) is 12.2 Å². The number of aromatic nitrogens is 1. The number of hydrogen-bond donors (Lipinski definition) is 1. The van der Waals surface area contributed by atoms with E-state index < -0.39 is 29.3 Å². The summed E-state index contributed by atoms with van der Waals surface area (Å²) in [6, 6.07) is -0.669. The molecule has 0 amide bonds. The molecule has 0 aromatic carbocycles. The number of ether oxygens (including phenoxy) is 1. The molecule has 1 aliphatic heterocycles. The van der Waals surface area contributed by atoms with Gasteiger partial charge in [0.15, 0.2) is 0 Å². The van der Waals surface area contributed by atoms with Gasteiger partial charge < -0.3 is 19.3 Å². The van der Waals surface area contributed by atoms with Crippen LogP contribution in [-0.2, 0) is 22.1 Å². The predicted molar refractivity (Wildman–Crippen MR) is 97.4 cm³/mol. The summed E-state index contributed by atoms with van der Waals surface area (Å²) in [5.41, 5.74) is -2.01. The summed E-state index contributed by atoms with van der Waals surface area (Å²) in [5.74, 6) is -1.26. The fraction of sp³-hybridized carbons (Fsp3) is 0.684. The molecule has 158 valence electrons. The van der Waals surface area contributed by atoms with E-state index in [1.807, 2.05) is 4.90 Å². The van der Waals surface area contributed by atoms with Gasteiger partial charge in [-0.05, 0) is 30.7 Å². The molecule has 0 saturated carbocycles. The molecule has 0 spiro atoms. The standard InChI is InChI=1S/C19H27F3N2O4/c1-13(2)10-16(18(26)27)24-12-14(15(11-17(24)25)19(20,21)22)4-6-23-5-3-8-28-9-7-23/h11-13,16H,3-10H2,1-2H3,(H,26,27). The average Bonchev–Trinajstić information content (AvgIpc) is 2.86. The van der Waals surface area contributed by atoms with Gasteiger partial charge in [0.2, 0.25) is 0 Å². The highest BCUT2D eigenvalue weighted by molar-refractivity contribution is 5.71. The highest BCUT2D eigenvalue weighted by Crippen LogP contribution is 2.32. The summed E-state index contributed by atoms with van der Waals surface area (Å²) in [6.45, 7) is 6.50. The van der Waals surface area contributed by atoms with E-state index in [-0.39, 0.29) is 24.3 Å². The normalized spacial score (nSPS) is 17.5. The number of nitrogens with zero attached hydrogens (tertiary/aromatic N) is 2. The molecule has 0 aliphatic carbocycles. The quantitative estimate of drug-likeness (QED) is 0.757. The first-order valence-electron chi connectivity index (χ1n) is 9.44. The lowest BCUT2D eigenvalue weighted by molar-refractivity contribution is -0.141. The van der Waals surface area contributed by atoms with Gasteiger partial charge in [-0.15, -0.1) is 0 Å². The zero-order chi connectivity index (χ0) is 20.9. The number of carboxylic acid groups (broad SMARTS) is 1. The fourth-order valence-corrected chi connectivity index (χ4v) is 3.38. The number of pyridine rings is 1. The molecule has 1 aromatic rings. The van der Waals surface area contributed by atoms with Gasteiger partial charge in [-0.25, -0.2) is 4.79 Å². The summed E-state index contributed by atoms with van der Waals surface area (Å²) in [6.07, 6.45) is -2.55. The highest BCUT2D eigenvalue weighted by atomic mass is 19.4. The summed E-state index contributed by atoms with van der Waals surface area (Å²) in [5, 5.41) is 9.48. The third-order valence-electron chi connectivity index (χ3n) is 4.80. The average molecular weight is 404 g/mol. The summed E-state index contributed by atoms with van der Waals surface area (Å²) in [7, 11) is 0. The third-order valence-corrected chi connectivity index (χ3v) is 4.80.